The standard InChI is InChI=1S/C14H9Cl2N5/c15-10-3-1-2-8(6-10)12-13(20-21-14(17)19-12)9-4-5-18-11(16)7-9/h1-7H,(H2,17,19,21). The molecular weight excluding hydrogens is 309 g/mol. The molecule has 0 atom stereocenters. The second-order valence-corrected chi connectivity index (χ2v) is 5.07. The van der Waals surface area contributed by atoms with E-state index < -0.39 is 0 Å². The molecule has 21 heavy (non-hydrogen) atoms. The number of hydrogen-bond acceptors (Lipinski definition) is 5. The Bertz CT molecular complexity index is 807. The minimum atomic E-state index is 0.0916. The molecule has 2 heterocycles. The van der Waals surface area contributed by atoms with Crippen molar-refractivity contribution in [3.05, 3.63) is 52.8 Å². The molecule has 3 rings (SSSR count). The van der Waals surface area contributed by atoms with Gasteiger partial charge in [0.25, 0.3) is 0 Å². The quantitative estimate of drug-likeness (QED) is 0.732. The third-order valence-corrected chi connectivity index (χ3v) is 3.24. The molecule has 0 amide bonds. The average Bonchev–Trinajstić information content (AvgIpc) is 2.47. The molecule has 0 aliphatic carbocycles. The van der Waals surface area contributed by atoms with E-state index >= 15 is 0 Å². The molecule has 0 unspecified atom stereocenters. The average molecular weight is 318 g/mol. The Morgan fingerprint density at radius 1 is 0.905 bits per heavy atom. The lowest BCUT2D eigenvalue weighted by atomic mass is 10.1. The first kappa shape index (κ1) is 13.7. The van der Waals surface area contributed by atoms with Crippen molar-refractivity contribution in [2.45, 2.75) is 0 Å². The molecule has 0 saturated heterocycles. The highest BCUT2D eigenvalue weighted by Gasteiger charge is 2.13. The van der Waals surface area contributed by atoms with E-state index in [2.05, 4.69) is 20.2 Å². The van der Waals surface area contributed by atoms with Crippen LogP contribution < -0.4 is 5.73 Å². The highest BCUT2D eigenvalue weighted by molar-refractivity contribution is 6.31. The van der Waals surface area contributed by atoms with Gasteiger partial charge in [0, 0.05) is 22.3 Å². The van der Waals surface area contributed by atoms with Gasteiger partial charge in [0.1, 0.15) is 16.5 Å². The maximum Gasteiger partial charge on any atom is 0.240 e. The van der Waals surface area contributed by atoms with Crippen LogP contribution in [0.4, 0.5) is 5.95 Å². The number of hydrogen-bond donors (Lipinski definition) is 1. The number of rotatable bonds is 2. The van der Waals surface area contributed by atoms with E-state index in [1.165, 1.54) is 0 Å². The van der Waals surface area contributed by atoms with E-state index in [4.69, 9.17) is 28.9 Å². The summed E-state index contributed by atoms with van der Waals surface area (Å²) in [5.74, 6) is 0.0916. The predicted octanol–water partition coefficient (Wildman–Crippen LogP) is 3.49. The van der Waals surface area contributed by atoms with E-state index in [0.717, 1.165) is 11.1 Å². The van der Waals surface area contributed by atoms with Gasteiger partial charge in [0.2, 0.25) is 5.95 Å². The topological polar surface area (TPSA) is 77.6 Å². The van der Waals surface area contributed by atoms with E-state index in [9.17, 15) is 0 Å². The fraction of sp³-hybridized carbons (Fsp3) is 0. The first-order valence-electron chi connectivity index (χ1n) is 6.01. The molecule has 0 bridgehead atoms. The van der Waals surface area contributed by atoms with E-state index in [-0.39, 0.29) is 5.95 Å². The summed E-state index contributed by atoms with van der Waals surface area (Å²) >= 11 is 12.0. The zero-order valence-electron chi connectivity index (χ0n) is 10.7. The van der Waals surface area contributed by atoms with Crippen LogP contribution in [0.15, 0.2) is 42.6 Å². The van der Waals surface area contributed by atoms with Gasteiger partial charge in [-0.05, 0) is 24.3 Å². The highest BCUT2D eigenvalue weighted by Crippen LogP contribution is 2.30. The van der Waals surface area contributed by atoms with E-state index in [1.807, 2.05) is 12.1 Å². The SMILES string of the molecule is Nc1nnc(-c2ccnc(Cl)c2)c(-c2cccc(Cl)c2)n1. The Kier molecular flexibility index (Phi) is 3.68. The summed E-state index contributed by atoms with van der Waals surface area (Å²) in [6.07, 6.45) is 1.59. The molecule has 2 aromatic heterocycles. The molecule has 0 aliphatic heterocycles. The molecule has 2 N–H and O–H groups in total. The first-order chi connectivity index (χ1) is 10.1. The number of pyridine rings is 1. The molecular formula is C14H9Cl2N5. The van der Waals surface area contributed by atoms with Crippen molar-refractivity contribution in [2.75, 3.05) is 5.73 Å². The molecule has 0 radical (unpaired) electrons. The van der Waals surface area contributed by atoms with Crippen LogP contribution in [0.3, 0.4) is 0 Å². The van der Waals surface area contributed by atoms with Gasteiger partial charge in [0.05, 0.1) is 0 Å². The van der Waals surface area contributed by atoms with Crippen molar-refractivity contribution in [1.29, 1.82) is 0 Å². The third-order valence-electron chi connectivity index (χ3n) is 2.80. The lowest BCUT2D eigenvalue weighted by Gasteiger charge is -2.08. The number of aromatic nitrogens is 4. The first-order valence-corrected chi connectivity index (χ1v) is 6.77. The Labute approximate surface area is 130 Å². The van der Waals surface area contributed by atoms with Gasteiger partial charge in [-0.1, -0.05) is 35.3 Å². The summed E-state index contributed by atoms with van der Waals surface area (Å²) in [6, 6.07) is 10.8. The summed E-state index contributed by atoms with van der Waals surface area (Å²) in [5.41, 5.74) is 8.36. The van der Waals surface area contributed by atoms with Crippen molar-refractivity contribution < 1.29 is 0 Å². The zero-order valence-corrected chi connectivity index (χ0v) is 12.2. The smallest absolute Gasteiger partial charge is 0.240 e. The number of nitrogens with zero attached hydrogens (tertiary/aromatic N) is 4. The van der Waals surface area contributed by atoms with Crippen LogP contribution in [-0.2, 0) is 0 Å². The van der Waals surface area contributed by atoms with E-state index in [0.29, 0.717) is 21.6 Å². The van der Waals surface area contributed by atoms with Crippen LogP contribution in [0, 0.1) is 0 Å². The summed E-state index contributed by atoms with van der Waals surface area (Å²) in [7, 11) is 0. The molecule has 0 fully saturated rings. The molecule has 0 spiro atoms. The molecule has 1 aromatic carbocycles. The van der Waals surface area contributed by atoms with Crippen molar-refractivity contribution in [1.82, 2.24) is 20.2 Å². The van der Waals surface area contributed by atoms with Crippen LogP contribution in [-0.4, -0.2) is 20.2 Å². The van der Waals surface area contributed by atoms with Gasteiger partial charge in [0.15, 0.2) is 0 Å². The molecule has 104 valence electrons. The Morgan fingerprint density at radius 2 is 1.71 bits per heavy atom. The van der Waals surface area contributed by atoms with Crippen LogP contribution in [0.1, 0.15) is 0 Å². The van der Waals surface area contributed by atoms with Crippen LogP contribution in [0.2, 0.25) is 10.2 Å². The van der Waals surface area contributed by atoms with Gasteiger partial charge >= 0.3 is 0 Å². The fourth-order valence-corrected chi connectivity index (χ4v) is 2.28. The number of anilines is 1. The van der Waals surface area contributed by atoms with Crippen LogP contribution >= 0.6 is 23.2 Å². The summed E-state index contributed by atoms with van der Waals surface area (Å²) in [6.45, 7) is 0. The summed E-state index contributed by atoms with van der Waals surface area (Å²) < 4.78 is 0. The van der Waals surface area contributed by atoms with Crippen LogP contribution in [0.25, 0.3) is 22.5 Å². The maximum atomic E-state index is 6.03. The molecule has 5 nitrogen and oxygen atoms in total. The fourth-order valence-electron chi connectivity index (χ4n) is 1.92. The predicted molar refractivity (Wildman–Crippen MR) is 82.9 cm³/mol. The van der Waals surface area contributed by atoms with Gasteiger partial charge in [-0.25, -0.2) is 9.97 Å². The number of benzene rings is 1. The highest BCUT2D eigenvalue weighted by atomic mass is 35.5. The van der Waals surface area contributed by atoms with Crippen LogP contribution in [0.5, 0.6) is 0 Å². The van der Waals surface area contributed by atoms with Crippen molar-refractivity contribution in [3.8, 4) is 22.5 Å². The van der Waals surface area contributed by atoms with Gasteiger partial charge in [-0.15, -0.1) is 10.2 Å². The molecule has 0 saturated carbocycles. The van der Waals surface area contributed by atoms with E-state index in [1.54, 1.807) is 30.5 Å². The lowest BCUT2D eigenvalue weighted by Crippen LogP contribution is -2.02. The van der Waals surface area contributed by atoms with Crippen molar-refractivity contribution >= 4 is 29.2 Å². The van der Waals surface area contributed by atoms with Crippen molar-refractivity contribution in [3.63, 3.8) is 0 Å². The van der Waals surface area contributed by atoms with Crippen molar-refractivity contribution in [2.24, 2.45) is 0 Å². The lowest BCUT2D eigenvalue weighted by molar-refractivity contribution is 0.996. The molecule has 0 aliphatic rings. The number of nitrogen functional groups attached to an aromatic ring is 1. The Morgan fingerprint density at radius 3 is 2.48 bits per heavy atom. The second-order valence-electron chi connectivity index (χ2n) is 4.24. The monoisotopic (exact) mass is 317 g/mol. The normalized spacial score (nSPS) is 10.6. The summed E-state index contributed by atoms with van der Waals surface area (Å²) in [5, 5.41) is 8.91. The largest absolute Gasteiger partial charge is 0.366 e. The third kappa shape index (κ3) is 2.94. The minimum absolute atomic E-state index is 0.0916. The number of nitrogens with two attached hydrogens (primary N) is 1. The Balaban J connectivity index is 2.22. The molecule has 3 aromatic rings. The van der Waals surface area contributed by atoms with Gasteiger partial charge < -0.3 is 5.73 Å². The Hall–Kier alpha value is -2.24. The van der Waals surface area contributed by atoms with Gasteiger partial charge in [-0.3, -0.25) is 0 Å². The number of halogens is 2. The zero-order chi connectivity index (χ0) is 14.8. The maximum absolute atomic E-state index is 6.03. The minimum Gasteiger partial charge on any atom is -0.366 e. The summed E-state index contributed by atoms with van der Waals surface area (Å²) in [4.78, 5) is 8.22. The second kappa shape index (κ2) is 5.63. The molecule has 7 heteroatoms. The van der Waals surface area contributed by atoms with Gasteiger partial charge in [-0.2, -0.15) is 0 Å².